The molecule has 0 bridgehead atoms. The molecule has 0 aromatic heterocycles. The summed E-state index contributed by atoms with van der Waals surface area (Å²) in [4.78, 5) is 1.86. The van der Waals surface area contributed by atoms with Crippen LogP contribution in [0.25, 0.3) is 0 Å². The van der Waals surface area contributed by atoms with Gasteiger partial charge in [-0.2, -0.15) is 0 Å². The van der Waals surface area contributed by atoms with Gasteiger partial charge in [-0.1, -0.05) is 29.8 Å². The third kappa shape index (κ3) is 3.80. The summed E-state index contributed by atoms with van der Waals surface area (Å²) in [5.41, 5.74) is 0.726. The van der Waals surface area contributed by atoms with E-state index in [1.807, 2.05) is 24.1 Å². The Bertz CT molecular complexity index is 306. The summed E-state index contributed by atoms with van der Waals surface area (Å²) in [6.07, 6.45) is -0.616. The number of hydrogen-bond donors (Lipinski definition) is 2. The number of nitrogens with zero attached hydrogens (tertiary/aromatic N) is 1. The first kappa shape index (κ1) is 12.5. The van der Waals surface area contributed by atoms with E-state index < -0.39 is 6.10 Å². The molecule has 0 aliphatic rings. The fourth-order valence-electron chi connectivity index (χ4n) is 1.40. The van der Waals surface area contributed by atoms with Crippen molar-refractivity contribution in [3.8, 4) is 0 Å². The highest BCUT2D eigenvalue weighted by Crippen LogP contribution is 2.22. The quantitative estimate of drug-likeness (QED) is 0.800. The summed E-state index contributed by atoms with van der Waals surface area (Å²) in [5.74, 6) is 0. The molecule has 0 spiro atoms. The summed E-state index contributed by atoms with van der Waals surface area (Å²) in [5, 5.41) is 19.2. The highest BCUT2D eigenvalue weighted by atomic mass is 35.5. The van der Waals surface area contributed by atoms with Gasteiger partial charge in [-0.3, -0.25) is 0 Å². The fraction of sp³-hybridized carbons (Fsp3) is 0.455. The van der Waals surface area contributed by atoms with Crippen LogP contribution in [0, 0.1) is 0 Å². The predicted molar refractivity (Wildman–Crippen MR) is 61.0 cm³/mol. The zero-order valence-electron chi connectivity index (χ0n) is 8.73. The van der Waals surface area contributed by atoms with Crippen LogP contribution in [0.15, 0.2) is 24.3 Å². The van der Waals surface area contributed by atoms with Crippen LogP contribution >= 0.6 is 11.6 Å². The molecule has 0 radical (unpaired) electrons. The van der Waals surface area contributed by atoms with Crippen LogP contribution in [0.5, 0.6) is 0 Å². The van der Waals surface area contributed by atoms with E-state index in [9.17, 15) is 5.11 Å². The zero-order valence-corrected chi connectivity index (χ0v) is 9.48. The third-order valence-electron chi connectivity index (χ3n) is 2.23. The van der Waals surface area contributed by atoms with Gasteiger partial charge in [-0.25, -0.2) is 0 Å². The molecule has 0 unspecified atom stereocenters. The Morgan fingerprint density at radius 1 is 1.40 bits per heavy atom. The van der Waals surface area contributed by atoms with Gasteiger partial charge in [-0.05, 0) is 13.1 Å². The van der Waals surface area contributed by atoms with Gasteiger partial charge in [0.15, 0.2) is 0 Å². The number of aliphatic hydroxyl groups is 2. The molecule has 0 saturated carbocycles. The summed E-state index contributed by atoms with van der Waals surface area (Å²) in [7, 11) is 1.84. The van der Waals surface area contributed by atoms with Gasteiger partial charge >= 0.3 is 0 Å². The van der Waals surface area contributed by atoms with E-state index >= 15 is 0 Å². The standard InChI is InChI=1S/C11H16ClNO2/c1-13(6-7-14)8-11(15)9-4-2-3-5-10(9)12/h2-5,11,14-15H,6-8H2,1H3/t11-/m0/s1. The second-order valence-electron chi connectivity index (χ2n) is 3.52. The van der Waals surface area contributed by atoms with E-state index in [4.69, 9.17) is 16.7 Å². The van der Waals surface area contributed by atoms with E-state index in [0.717, 1.165) is 5.56 Å². The Kier molecular flexibility index (Phi) is 5.05. The minimum Gasteiger partial charge on any atom is -0.395 e. The third-order valence-corrected chi connectivity index (χ3v) is 2.57. The van der Waals surface area contributed by atoms with Crippen molar-refractivity contribution in [2.24, 2.45) is 0 Å². The van der Waals surface area contributed by atoms with Crippen molar-refractivity contribution in [2.45, 2.75) is 6.10 Å². The average molecular weight is 230 g/mol. The lowest BCUT2D eigenvalue weighted by Crippen LogP contribution is -2.27. The van der Waals surface area contributed by atoms with Crippen LogP contribution in [0.1, 0.15) is 11.7 Å². The number of benzene rings is 1. The van der Waals surface area contributed by atoms with E-state index in [2.05, 4.69) is 0 Å². The van der Waals surface area contributed by atoms with E-state index in [1.165, 1.54) is 0 Å². The fourth-order valence-corrected chi connectivity index (χ4v) is 1.66. The van der Waals surface area contributed by atoms with Gasteiger partial charge in [0, 0.05) is 23.7 Å². The van der Waals surface area contributed by atoms with Crippen LogP contribution in [0.3, 0.4) is 0 Å². The Balaban J connectivity index is 2.61. The van der Waals surface area contributed by atoms with Crippen LogP contribution in [0.2, 0.25) is 5.02 Å². The largest absolute Gasteiger partial charge is 0.395 e. The summed E-state index contributed by atoms with van der Waals surface area (Å²) in [6.45, 7) is 1.09. The predicted octanol–water partition coefficient (Wildman–Crippen LogP) is 1.30. The van der Waals surface area contributed by atoms with Crippen LogP contribution in [0.4, 0.5) is 0 Å². The average Bonchev–Trinajstić information content (AvgIpc) is 2.18. The van der Waals surface area contributed by atoms with Crippen molar-refractivity contribution in [3.63, 3.8) is 0 Å². The number of aliphatic hydroxyl groups excluding tert-OH is 2. The van der Waals surface area contributed by atoms with Crippen LogP contribution in [-0.4, -0.2) is 41.9 Å². The number of halogens is 1. The van der Waals surface area contributed by atoms with Crippen molar-refractivity contribution >= 4 is 11.6 Å². The first-order valence-electron chi connectivity index (χ1n) is 4.87. The molecule has 3 nitrogen and oxygen atoms in total. The number of hydrogen-bond acceptors (Lipinski definition) is 3. The molecule has 0 heterocycles. The van der Waals surface area contributed by atoms with Crippen LogP contribution in [-0.2, 0) is 0 Å². The Hall–Kier alpha value is -0.610. The van der Waals surface area contributed by atoms with Crippen molar-refractivity contribution in [2.75, 3.05) is 26.7 Å². The van der Waals surface area contributed by atoms with Crippen molar-refractivity contribution in [1.29, 1.82) is 0 Å². The SMILES string of the molecule is CN(CCO)C[C@H](O)c1ccccc1Cl. The minimum absolute atomic E-state index is 0.0890. The van der Waals surface area contributed by atoms with Crippen molar-refractivity contribution in [3.05, 3.63) is 34.9 Å². The molecule has 0 amide bonds. The second kappa shape index (κ2) is 6.08. The Morgan fingerprint density at radius 2 is 2.07 bits per heavy atom. The second-order valence-corrected chi connectivity index (χ2v) is 3.93. The summed E-state index contributed by atoms with van der Waals surface area (Å²) in [6, 6.07) is 7.23. The maximum atomic E-state index is 9.89. The van der Waals surface area contributed by atoms with Gasteiger partial charge in [-0.15, -0.1) is 0 Å². The molecule has 4 heteroatoms. The Labute approximate surface area is 94.9 Å². The molecule has 0 aliphatic carbocycles. The summed E-state index contributed by atoms with van der Waals surface area (Å²) < 4.78 is 0. The molecule has 0 fully saturated rings. The molecular formula is C11H16ClNO2. The molecule has 1 atom stereocenters. The molecule has 15 heavy (non-hydrogen) atoms. The van der Waals surface area contributed by atoms with Gasteiger partial charge < -0.3 is 15.1 Å². The van der Waals surface area contributed by atoms with E-state index in [0.29, 0.717) is 18.1 Å². The first-order chi connectivity index (χ1) is 7.15. The van der Waals surface area contributed by atoms with Crippen molar-refractivity contribution in [1.82, 2.24) is 4.90 Å². The van der Waals surface area contributed by atoms with Gasteiger partial charge in [0.05, 0.1) is 12.7 Å². The monoisotopic (exact) mass is 229 g/mol. The highest BCUT2D eigenvalue weighted by molar-refractivity contribution is 6.31. The summed E-state index contributed by atoms with van der Waals surface area (Å²) >= 11 is 5.95. The van der Waals surface area contributed by atoms with Gasteiger partial charge in [0.2, 0.25) is 0 Å². The molecule has 0 aliphatic heterocycles. The topological polar surface area (TPSA) is 43.7 Å². The van der Waals surface area contributed by atoms with Gasteiger partial charge in [0.1, 0.15) is 0 Å². The number of rotatable bonds is 5. The normalized spacial score (nSPS) is 13.1. The molecule has 84 valence electrons. The maximum absolute atomic E-state index is 9.89. The smallest absolute Gasteiger partial charge is 0.0931 e. The van der Waals surface area contributed by atoms with E-state index in [-0.39, 0.29) is 6.61 Å². The molecule has 1 aromatic rings. The first-order valence-corrected chi connectivity index (χ1v) is 5.25. The maximum Gasteiger partial charge on any atom is 0.0931 e. The molecular weight excluding hydrogens is 214 g/mol. The molecule has 1 aromatic carbocycles. The zero-order chi connectivity index (χ0) is 11.3. The lowest BCUT2D eigenvalue weighted by Gasteiger charge is -2.20. The highest BCUT2D eigenvalue weighted by Gasteiger charge is 2.12. The minimum atomic E-state index is -0.616. The van der Waals surface area contributed by atoms with Gasteiger partial charge in [0.25, 0.3) is 0 Å². The lowest BCUT2D eigenvalue weighted by molar-refractivity contribution is 0.115. The molecule has 0 saturated heterocycles. The molecule has 1 rings (SSSR count). The molecule has 2 N–H and O–H groups in total. The number of likely N-dealkylation sites (N-methyl/N-ethyl adjacent to an activating group) is 1. The van der Waals surface area contributed by atoms with Crippen molar-refractivity contribution < 1.29 is 10.2 Å². The lowest BCUT2D eigenvalue weighted by atomic mass is 10.1. The van der Waals surface area contributed by atoms with E-state index in [1.54, 1.807) is 12.1 Å². The Morgan fingerprint density at radius 3 is 2.67 bits per heavy atom. The van der Waals surface area contributed by atoms with Crippen LogP contribution < -0.4 is 0 Å².